The monoisotopic (exact) mass is 632 g/mol. The lowest BCUT2D eigenvalue weighted by molar-refractivity contribution is -0.138. The zero-order chi connectivity index (χ0) is 32.1. The molecule has 3 aliphatic heterocycles. The first-order valence-corrected chi connectivity index (χ1v) is 15.2. The number of alkyl halides is 5. The van der Waals surface area contributed by atoms with Gasteiger partial charge in [-0.05, 0) is 46.9 Å². The smallest absolute Gasteiger partial charge is 0.379 e. The van der Waals surface area contributed by atoms with Crippen molar-refractivity contribution in [1.29, 1.82) is 0 Å². The maximum atomic E-state index is 15.9. The summed E-state index contributed by atoms with van der Waals surface area (Å²) in [7, 11) is 1.65. The number of hydrogen-bond acceptors (Lipinski definition) is 6. The van der Waals surface area contributed by atoms with E-state index in [-0.39, 0.29) is 55.2 Å². The molecule has 2 saturated heterocycles. The number of benzene rings is 2. The molecule has 0 spiro atoms. The summed E-state index contributed by atoms with van der Waals surface area (Å²) in [6.45, 7) is 5.98. The van der Waals surface area contributed by atoms with Crippen molar-refractivity contribution < 1.29 is 31.5 Å². The van der Waals surface area contributed by atoms with Gasteiger partial charge in [0.1, 0.15) is 13.0 Å². The number of rotatable bonds is 9. The van der Waals surface area contributed by atoms with E-state index in [4.69, 9.17) is 4.74 Å². The molecule has 4 heterocycles. The van der Waals surface area contributed by atoms with E-state index in [0.717, 1.165) is 6.07 Å². The topological polar surface area (TPSA) is 66.7 Å². The number of amides is 1. The highest BCUT2D eigenvalue weighted by Crippen LogP contribution is 2.47. The van der Waals surface area contributed by atoms with Gasteiger partial charge in [0.25, 0.3) is 5.91 Å². The second-order valence-corrected chi connectivity index (χ2v) is 12.7. The fourth-order valence-corrected chi connectivity index (χ4v) is 6.85. The summed E-state index contributed by atoms with van der Waals surface area (Å²) in [6, 6.07) is 9.49. The predicted molar refractivity (Wildman–Crippen MR) is 157 cm³/mol. The van der Waals surface area contributed by atoms with E-state index in [1.165, 1.54) is 15.8 Å². The number of piperazine rings is 1. The van der Waals surface area contributed by atoms with Gasteiger partial charge in [0.05, 0.1) is 30.7 Å². The van der Waals surface area contributed by atoms with Crippen LogP contribution in [-0.2, 0) is 36.5 Å². The molecule has 2 aromatic carbocycles. The summed E-state index contributed by atoms with van der Waals surface area (Å²) >= 11 is 0. The second kappa shape index (κ2) is 12.1. The quantitative estimate of drug-likeness (QED) is 0.307. The van der Waals surface area contributed by atoms with Gasteiger partial charge in [-0.1, -0.05) is 26.0 Å². The number of aromatic nitrogens is 3. The van der Waals surface area contributed by atoms with Crippen LogP contribution in [0.3, 0.4) is 0 Å². The Morgan fingerprint density at radius 2 is 1.91 bits per heavy atom. The highest BCUT2D eigenvalue weighted by molar-refractivity contribution is 6.10. The number of aryl methyl sites for hydroxylation is 1. The number of carbonyl (C=O) groups is 1. The number of anilines is 1. The van der Waals surface area contributed by atoms with Gasteiger partial charge >= 0.3 is 6.18 Å². The van der Waals surface area contributed by atoms with Gasteiger partial charge in [-0.25, -0.2) is 8.78 Å². The minimum absolute atomic E-state index is 0.0199. The Bertz CT molecular complexity index is 1550. The number of hydrogen-bond donors (Lipinski definition) is 0. The zero-order valence-corrected chi connectivity index (χ0v) is 25.5. The molecule has 3 aliphatic rings. The van der Waals surface area contributed by atoms with Crippen LogP contribution in [0, 0.1) is 5.92 Å². The first kappa shape index (κ1) is 31.6. The molecule has 1 aromatic heterocycles. The molecular weight excluding hydrogens is 595 g/mol. The van der Waals surface area contributed by atoms with Crippen molar-refractivity contribution in [2.75, 3.05) is 51.0 Å². The van der Waals surface area contributed by atoms with Gasteiger partial charge in [0, 0.05) is 57.1 Å². The van der Waals surface area contributed by atoms with Gasteiger partial charge in [0.2, 0.25) is 0 Å². The highest BCUT2D eigenvalue weighted by atomic mass is 19.4. The third kappa shape index (κ3) is 5.74. The van der Waals surface area contributed by atoms with Gasteiger partial charge in [-0.15, -0.1) is 10.2 Å². The first-order valence-electron chi connectivity index (χ1n) is 15.2. The Morgan fingerprint density at radius 3 is 2.53 bits per heavy atom. The lowest BCUT2D eigenvalue weighted by Gasteiger charge is -2.43. The van der Waals surface area contributed by atoms with Crippen LogP contribution in [-0.4, -0.2) is 82.6 Å². The third-order valence-corrected chi connectivity index (χ3v) is 9.49. The number of fused-ring (bicyclic) bond motifs is 1. The average Bonchev–Trinajstić information content (AvgIpc) is 3.55. The molecule has 0 unspecified atom stereocenters. The molecular formula is C32H37F5N6O2. The average molecular weight is 633 g/mol. The van der Waals surface area contributed by atoms with E-state index in [9.17, 15) is 22.4 Å². The Hall–Kier alpha value is -3.42. The van der Waals surface area contributed by atoms with E-state index >= 15 is 4.39 Å². The summed E-state index contributed by atoms with van der Waals surface area (Å²) in [4.78, 5) is 19.3. The molecule has 8 nitrogen and oxygen atoms in total. The molecule has 2 atom stereocenters. The van der Waals surface area contributed by atoms with Crippen LogP contribution in [0.25, 0.3) is 0 Å². The largest absolute Gasteiger partial charge is 0.416 e. The van der Waals surface area contributed by atoms with Gasteiger partial charge in [-0.2, -0.15) is 13.2 Å². The van der Waals surface area contributed by atoms with Crippen LogP contribution >= 0.6 is 0 Å². The highest BCUT2D eigenvalue weighted by Gasteiger charge is 2.51. The van der Waals surface area contributed by atoms with E-state index in [1.807, 2.05) is 18.7 Å². The van der Waals surface area contributed by atoms with Crippen molar-refractivity contribution in [1.82, 2.24) is 24.6 Å². The Labute approximate surface area is 258 Å². The third-order valence-electron chi connectivity index (χ3n) is 9.49. The van der Waals surface area contributed by atoms with Crippen LogP contribution in [0.15, 0.2) is 42.7 Å². The molecule has 45 heavy (non-hydrogen) atoms. The van der Waals surface area contributed by atoms with Crippen molar-refractivity contribution in [3.8, 4) is 0 Å². The summed E-state index contributed by atoms with van der Waals surface area (Å²) in [5.74, 6) is -0.193. The molecule has 0 N–H and O–H groups in total. The number of ether oxygens (including phenoxy) is 1. The molecule has 242 valence electrons. The molecule has 0 radical (unpaired) electrons. The Kier molecular flexibility index (Phi) is 8.46. The van der Waals surface area contributed by atoms with Crippen LogP contribution in [0.2, 0.25) is 0 Å². The van der Waals surface area contributed by atoms with Gasteiger partial charge < -0.3 is 14.2 Å². The molecule has 2 fully saturated rings. The Balaban J connectivity index is 1.30. The zero-order valence-electron chi connectivity index (χ0n) is 25.5. The van der Waals surface area contributed by atoms with Crippen LogP contribution in [0.4, 0.5) is 27.6 Å². The predicted octanol–water partition coefficient (Wildman–Crippen LogP) is 5.08. The van der Waals surface area contributed by atoms with E-state index < -0.39 is 35.9 Å². The van der Waals surface area contributed by atoms with Crippen molar-refractivity contribution in [2.45, 2.75) is 50.7 Å². The van der Waals surface area contributed by atoms with E-state index in [0.29, 0.717) is 43.0 Å². The van der Waals surface area contributed by atoms with Crippen LogP contribution in [0.5, 0.6) is 0 Å². The van der Waals surface area contributed by atoms with Crippen molar-refractivity contribution >= 4 is 11.6 Å². The van der Waals surface area contributed by atoms with Crippen molar-refractivity contribution in [2.24, 2.45) is 13.0 Å². The maximum Gasteiger partial charge on any atom is 0.416 e. The summed E-state index contributed by atoms with van der Waals surface area (Å²) in [5, 5.41) is 7.71. The minimum Gasteiger partial charge on any atom is -0.379 e. The summed E-state index contributed by atoms with van der Waals surface area (Å²) in [5.41, 5.74) is -0.598. The summed E-state index contributed by atoms with van der Waals surface area (Å²) < 4.78 is 79.3. The molecule has 13 heteroatoms. The van der Waals surface area contributed by atoms with E-state index in [2.05, 4.69) is 15.1 Å². The molecule has 0 bridgehead atoms. The Morgan fingerprint density at radius 1 is 1.13 bits per heavy atom. The van der Waals surface area contributed by atoms with Crippen LogP contribution in [0.1, 0.15) is 58.5 Å². The fraction of sp³-hybridized carbons (Fsp3) is 0.531. The molecule has 0 aliphatic carbocycles. The fourth-order valence-electron chi connectivity index (χ4n) is 6.85. The van der Waals surface area contributed by atoms with Crippen molar-refractivity contribution in [3.63, 3.8) is 0 Å². The minimum atomic E-state index is -4.67. The molecule has 3 aromatic rings. The van der Waals surface area contributed by atoms with E-state index in [1.54, 1.807) is 37.4 Å². The SMILES string of the molecule is CC(C)[C@H]1CN(CCF)CCN1Cc1cc2c(c(C(F)(F)F)c1)CN(c1cccc(C3([C@H](F)c4nncn4C)COC3)c1)C2=O. The number of nitrogens with zero attached hydrogens (tertiary/aromatic N) is 6. The lowest BCUT2D eigenvalue weighted by atomic mass is 9.74. The van der Waals surface area contributed by atoms with Crippen LogP contribution < -0.4 is 4.90 Å². The van der Waals surface area contributed by atoms with Gasteiger partial charge in [-0.3, -0.25) is 14.6 Å². The maximum absolute atomic E-state index is 15.9. The lowest BCUT2D eigenvalue weighted by Crippen LogP contribution is -2.55. The molecule has 6 rings (SSSR count). The standard InChI is InChI=1S/C32H37F5N6O2/c1-20(2)27-16-41(8-7-33)9-10-42(27)14-21-11-24-25(26(12-21)32(35,36)37)15-43(30(24)44)23-6-4-5-22(13-23)31(17-45-18-31)28(34)29-39-38-19-40(29)3/h4-6,11-13,19-20,27-28H,7-10,14-18H2,1-3H3/t27-,28-/m1/s1. The molecule has 0 saturated carbocycles. The van der Waals surface area contributed by atoms with Gasteiger partial charge in [0.15, 0.2) is 12.0 Å². The second-order valence-electron chi connectivity index (χ2n) is 12.7. The number of halogens is 5. The van der Waals surface area contributed by atoms with Crippen molar-refractivity contribution in [3.05, 3.63) is 76.4 Å². The first-order chi connectivity index (χ1) is 21.4. The molecule has 1 amide bonds. The number of carbonyl (C=O) groups excluding carboxylic acids is 1. The summed E-state index contributed by atoms with van der Waals surface area (Å²) in [6.07, 6.45) is -4.80. The normalized spacial score (nSPS) is 21.3.